The first-order valence-corrected chi connectivity index (χ1v) is 11.5. The van der Waals surface area contributed by atoms with Gasteiger partial charge in [-0.15, -0.1) is 0 Å². The molecule has 5 saturated carbocycles. The molecule has 0 aromatic heterocycles. The second-order valence-corrected chi connectivity index (χ2v) is 9.87. The van der Waals surface area contributed by atoms with E-state index in [-0.39, 0.29) is 30.3 Å². The van der Waals surface area contributed by atoms with Gasteiger partial charge in [0.2, 0.25) is 5.91 Å². The standard InChI is InChI=1S/C22H33N3O5/c26-18(25-21(29)24-17-3-1-2-4-17)13-30-19(27)5-6-23-20(28)22-10-14-7-15(11-22)9-16(8-14)12-22/h14-17H,1-13H2,(H,23,28)(H2,24,25,26,29). The minimum absolute atomic E-state index is 0.0135. The third kappa shape index (κ3) is 4.95. The summed E-state index contributed by atoms with van der Waals surface area (Å²) >= 11 is 0. The van der Waals surface area contributed by atoms with E-state index in [0.717, 1.165) is 44.9 Å². The highest BCUT2D eigenvalue weighted by molar-refractivity contribution is 5.95. The molecule has 0 saturated heterocycles. The van der Waals surface area contributed by atoms with E-state index in [4.69, 9.17) is 4.74 Å². The summed E-state index contributed by atoms with van der Waals surface area (Å²) in [6.07, 6.45) is 10.8. The van der Waals surface area contributed by atoms with Crippen LogP contribution in [0.1, 0.15) is 70.6 Å². The van der Waals surface area contributed by atoms with Gasteiger partial charge in [0.15, 0.2) is 6.61 Å². The molecule has 8 heteroatoms. The lowest BCUT2D eigenvalue weighted by atomic mass is 9.49. The Morgan fingerprint density at radius 2 is 1.50 bits per heavy atom. The second-order valence-electron chi connectivity index (χ2n) is 9.87. The molecule has 5 aliphatic carbocycles. The van der Waals surface area contributed by atoms with Crippen LogP contribution in [0.25, 0.3) is 0 Å². The normalized spacial score (nSPS) is 31.9. The van der Waals surface area contributed by atoms with E-state index in [0.29, 0.717) is 17.8 Å². The summed E-state index contributed by atoms with van der Waals surface area (Å²) in [6, 6.07) is -0.441. The first-order valence-electron chi connectivity index (χ1n) is 11.5. The van der Waals surface area contributed by atoms with E-state index in [1.54, 1.807) is 0 Å². The highest BCUT2D eigenvalue weighted by atomic mass is 16.5. The maximum Gasteiger partial charge on any atom is 0.321 e. The summed E-state index contributed by atoms with van der Waals surface area (Å²) < 4.78 is 4.92. The minimum atomic E-state index is -0.656. The van der Waals surface area contributed by atoms with Gasteiger partial charge < -0.3 is 15.4 Å². The van der Waals surface area contributed by atoms with E-state index in [1.165, 1.54) is 19.3 Å². The van der Waals surface area contributed by atoms with Gasteiger partial charge in [-0.3, -0.25) is 19.7 Å². The van der Waals surface area contributed by atoms with Crippen molar-refractivity contribution >= 4 is 23.8 Å². The molecule has 4 amide bonds. The van der Waals surface area contributed by atoms with Crippen LogP contribution in [-0.4, -0.2) is 43.0 Å². The topological polar surface area (TPSA) is 114 Å². The Morgan fingerprint density at radius 3 is 2.10 bits per heavy atom. The van der Waals surface area contributed by atoms with E-state index in [2.05, 4.69) is 16.0 Å². The van der Waals surface area contributed by atoms with E-state index >= 15 is 0 Å². The molecule has 0 unspecified atom stereocenters. The predicted octanol–water partition coefficient (Wildman–Crippen LogP) is 2.02. The Hall–Kier alpha value is -2.12. The molecule has 0 radical (unpaired) electrons. The molecule has 3 N–H and O–H groups in total. The lowest BCUT2D eigenvalue weighted by Crippen LogP contribution is -2.53. The van der Waals surface area contributed by atoms with Crippen molar-refractivity contribution in [3.8, 4) is 0 Å². The van der Waals surface area contributed by atoms with Crippen LogP contribution in [0.2, 0.25) is 0 Å². The Bertz CT molecular complexity index is 666. The van der Waals surface area contributed by atoms with Crippen molar-refractivity contribution in [1.82, 2.24) is 16.0 Å². The number of carbonyl (C=O) groups excluding carboxylic acids is 4. The Labute approximate surface area is 177 Å². The van der Waals surface area contributed by atoms with E-state index in [9.17, 15) is 19.2 Å². The molecule has 30 heavy (non-hydrogen) atoms. The fourth-order valence-electron chi connectivity index (χ4n) is 6.53. The van der Waals surface area contributed by atoms with Crippen LogP contribution in [0.3, 0.4) is 0 Å². The predicted molar refractivity (Wildman–Crippen MR) is 108 cm³/mol. The molecule has 0 heterocycles. The fraction of sp³-hybridized carbons (Fsp3) is 0.818. The van der Waals surface area contributed by atoms with Gasteiger partial charge in [0.1, 0.15) is 0 Å². The smallest absolute Gasteiger partial charge is 0.321 e. The number of hydrogen-bond acceptors (Lipinski definition) is 5. The van der Waals surface area contributed by atoms with Crippen LogP contribution in [0.15, 0.2) is 0 Å². The maximum absolute atomic E-state index is 12.8. The van der Waals surface area contributed by atoms with Crippen LogP contribution in [0.5, 0.6) is 0 Å². The summed E-state index contributed by atoms with van der Waals surface area (Å²) in [5.41, 5.74) is -0.231. The van der Waals surface area contributed by atoms with Crippen LogP contribution in [0, 0.1) is 23.2 Å². The van der Waals surface area contributed by atoms with Gasteiger partial charge in [-0.05, 0) is 69.1 Å². The average Bonchev–Trinajstić information content (AvgIpc) is 3.18. The van der Waals surface area contributed by atoms with Crippen molar-refractivity contribution in [2.75, 3.05) is 13.2 Å². The number of nitrogens with one attached hydrogen (secondary N) is 3. The highest BCUT2D eigenvalue weighted by Crippen LogP contribution is 2.60. The molecule has 5 fully saturated rings. The monoisotopic (exact) mass is 419 g/mol. The molecule has 0 spiro atoms. The van der Waals surface area contributed by atoms with Crippen molar-refractivity contribution < 1.29 is 23.9 Å². The highest BCUT2D eigenvalue weighted by Gasteiger charge is 2.54. The molecule has 0 aromatic carbocycles. The second kappa shape index (κ2) is 8.94. The Morgan fingerprint density at radius 1 is 0.900 bits per heavy atom. The van der Waals surface area contributed by atoms with Gasteiger partial charge in [0.25, 0.3) is 5.91 Å². The minimum Gasteiger partial charge on any atom is -0.456 e. The number of amides is 4. The number of ether oxygens (including phenoxy) is 1. The molecular formula is C22H33N3O5. The summed E-state index contributed by atoms with van der Waals surface area (Å²) in [4.78, 5) is 48.2. The van der Waals surface area contributed by atoms with Crippen LogP contribution >= 0.6 is 0 Å². The Kier molecular flexibility index (Phi) is 6.29. The fourth-order valence-corrected chi connectivity index (χ4v) is 6.53. The molecule has 4 bridgehead atoms. The maximum atomic E-state index is 12.8. The first kappa shape index (κ1) is 21.1. The van der Waals surface area contributed by atoms with Crippen molar-refractivity contribution in [3.63, 3.8) is 0 Å². The lowest BCUT2D eigenvalue weighted by molar-refractivity contribution is -0.149. The first-order chi connectivity index (χ1) is 14.4. The van der Waals surface area contributed by atoms with Crippen molar-refractivity contribution in [2.45, 2.75) is 76.7 Å². The van der Waals surface area contributed by atoms with Gasteiger partial charge >= 0.3 is 12.0 Å². The summed E-state index contributed by atoms with van der Waals surface area (Å²) in [6.45, 7) is -0.289. The molecule has 8 nitrogen and oxygen atoms in total. The molecular weight excluding hydrogens is 386 g/mol. The molecule has 166 valence electrons. The van der Waals surface area contributed by atoms with Gasteiger partial charge in [-0.25, -0.2) is 4.79 Å². The number of rotatable bonds is 7. The molecule has 0 aromatic rings. The van der Waals surface area contributed by atoms with Crippen molar-refractivity contribution in [3.05, 3.63) is 0 Å². The SMILES string of the molecule is O=C(COC(=O)CCNC(=O)C12CC3CC(CC(C3)C1)C2)NC(=O)NC1CCCC1. The lowest BCUT2D eigenvalue weighted by Gasteiger charge is -2.55. The number of urea groups is 1. The van der Waals surface area contributed by atoms with Crippen molar-refractivity contribution in [2.24, 2.45) is 23.2 Å². The third-order valence-corrected chi connectivity index (χ3v) is 7.44. The molecule has 0 atom stereocenters. The van der Waals surface area contributed by atoms with Crippen LogP contribution in [0.4, 0.5) is 4.79 Å². The van der Waals surface area contributed by atoms with Gasteiger partial charge in [-0.2, -0.15) is 0 Å². The third-order valence-electron chi connectivity index (χ3n) is 7.44. The number of hydrogen-bond donors (Lipinski definition) is 3. The summed E-state index contributed by atoms with van der Waals surface area (Å²) in [5, 5.41) is 7.84. The van der Waals surface area contributed by atoms with Gasteiger partial charge in [0.05, 0.1) is 6.42 Å². The van der Waals surface area contributed by atoms with Crippen molar-refractivity contribution in [1.29, 1.82) is 0 Å². The molecule has 5 aliphatic rings. The number of carbonyl (C=O) groups is 4. The van der Waals surface area contributed by atoms with Crippen LogP contribution < -0.4 is 16.0 Å². The largest absolute Gasteiger partial charge is 0.456 e. The summed E-state index contributed by atoms with van der Waals surface area (Å²) in [5.74, 6) is 0.934. The zero-order chi connectivity index (χ0) is 21.1. The zero-order valence-electron chi connectivity index (χ0n) is 17.5. The zero-order valence-corrected chi connectivity index (χ0v) is 17.5. The number of imide groups is 1. The van der Waals surface area contributed by atoms with E-state index in [1.807, 2.05) is 0 Å². The van der Waals surface area contributed by atoms with Gasteiger partial charge in [-0.1, -0.05) is 12.8 Å². The van der Waals surface area contributed by atoms with Crippen LogP contribution in [-0.2, 0) is 19.1 Å². The number of esters is 1. The Balaban J connectivity index is 1.11. The average molecular weight is 420 g/mol. The van der Waals surface area contributed by atoms with E-state index < -0.39 is 24.5 Å². The van der Waals surface area contributed by atoms with Gasteiger partial charge in [0, 0.05) is 18.0 Å². The molecule has 5 rings (SSSR count). The molecule has 0 aliphatic heterocycles. The quantitative estimate of drug-likeness (QED) is 0.547. The summed E-state index contributed by atoms with van der Waals surface area (Å²) in [7, 11) is 0.